The Hall–Kier alpha value is -2.63. The fourth-order valence-corrected chi connectivity index (χ4v) is 3.21. The van der Waals surface area contributed by atoms with E-state index in [1.807, 2.05) is 55.4 Å². The van der Waals surface area contributed by atoms with Gasteiger partial charge in [-0.25, -0.2) is 4.79 Å². The second-order valence-electron chi connectivity index (χ2n) is 10.3. The minimum Gasteiger partial charge on any atom is -0.478 e. The third-order valence-electron chi connectivity index (χ3n) is 6.19. The second-order valence-corrected chi connectivity index (χ2v) is 10.3. The zero-order chi connectivity index (χ0) is 26.9. The first kappa shape index (κ1) is 32.5. The van der Waals surface area contributed by atoms with Gasteiger partial charge in [0.05, 0.1) is 6.04 Å². The molecule has 0 aromatic rings. The number of nitrogens with one attached hydrogen (secondary N) is 1. The Bertz CT molecular complexity index is 757. The SMILES string of the molecule is C=C.C=CC(=C)C(C)(C)[C@H](C)C(=O)NC(C(=O)N(C)[C@H](/C=C(\C)C(=O)O)C(C)C)C(C)(C)C. The van der Waals surface area contributed by atoms with Gasteiger partial charge in [0.25, 0.3) is 0 Å². The van der Waals surface area contributed by atoms with E-state index >= 15 is 0 Å². The fourth-order valence-electron chi connectivity index (χ4n) is 3.21. The number of aliphatic carboxylic acids is 1. The van der Waals surface area contributed by atoms with Gasteiger partial charge in [-0.3, -0.25) is 9.59 Å². The maximum Gasteiger partial charge on any atom is 0.331 e. The minimum absolute atomic E-state index is 0.00616. The molecule has 2 N–H and O–H groups in total. The zero-order valence-electron chi connectivity index (χ0n) is 22.4. The van der Waals surface area contributed by atoms with Gasteiger partial charge >= 0.3 is 5.97 Å². The second kappa shape index (κ2) is 13.2. The minimum atomic E-state index is -1.02. The molecule has 0 saturated carbocycles. The number of carbonyl (C=O) groups excluding carboxylic acids is 2. The fraction of sp³-hybridized carbons (Fsp3) is 0.593. The molecular formula is C27H46N2O4. The van der Waals surface area contributed by atoms with Gasteiger partial charge in [0.2, 0.25) is 11.8 Å². The van der Waals surface area contributed by atoms with Crippen molar-refractivity contribution in [1.29, 1.82) is 0 Å². The molecule has 0 aromatic heterocycles. The smallest absolute Gasteiger partial charge is 0.331 e. The molecule has 33 heavy (non-hydrogen) atoms. The lowest BCUT2D eigenvalue weighted by atomic mass is 9.73. The molecule has 3 atom stereocenters. The Kier molecular flexibility index (Phi) is 13.0. The highest BCUT2D eigenvalue weighted by Crippen LogP contribution is 2.35. The maximum atomic E-state index is 13.5. The van der Waals surface area contributed by atoms with Crippen molar-refractivity contribution in [3.05, 3.63) is 49.6 Å². The van der Waals surface area contributed by atoms with E-state index in [0.717, 1.165) is 5.57 Å². The summed E-state index contributed by atoms with van der Waals surface area (Å²) in [5.74, 6) is -1.97. The summed E-state index contributed by atoms with van der Waals surface area (Å²) in [6.07, 6.45) is 3.24. The lowest BCUT2D eigenvalue weighted by Gasteiger charge is -2.39. The van der Waals surface area contributed by atoms with Crippen LogP contribution >= 0.6 is 0 Å². The van der Waals surface area contributed by atoms with Crippen molar-refractivity contribution in [2.75, 3.05) is 7.05 Å². The summed E-state index contributed by atoms with van der Waals surface area (Å²) in [6, 6.07) is -1.19. The zero-order valence-corrected chi connectivity index (χ0v) is 22.4. The molecule has 0 saturated heterocycles. The van der Waals surface area contributed by atoms with Gasteiger partial charge in [0, 0.05) is 24.0 Å². The molecule has 2 amide bonds. The van der Waals surface area contributed by atoms with Crippen LogP contribution in [-0.4, -0.2) is 46.9 Å². The van der Waals surface area contributed by atoms with Crippen molar-refractivity contribution >= 4 is 17.8 Å². The molecule has 0 bridgehead atoms. The number of nitrogens with zero attached hydrogens (tertiary/aromatic N) is 1. The third-order valence-corrected chi connectivity index (χ3v) is 6.19. The van der Waals surface area contributed by atoms with E-state index in [9.17, 15) is 19.5 Å². The van der Waals surface area contributed by atoms with Gasteiger partial charge in [0.1, 0.15) is 6.04 Å². The van der Waals surface area contributed by atoms with Crippen LogP contribution in [0.4, 0.5) is 0 Å². The van der Waals surface area contributed by atoms with E-state index in [2.05, 4.69) is 31.6 Å². The predicted octanol–water partition coefficient (Wildman–Crippen LogP) is 5.24. The van der Waals surface area contributed by atoms with E-state index in [4.69, 9.17) is 0 Å². The van der Waals surface area contributed by atoms with Crippen LogP contribution in [0, 0.1) is 22.7 Å². The Morgan fingerprint density at radius 2 is 1.48 bits per heavy atom. The van der Waals surface area contributed by atoms with E-state index in [1.165, 1.54) is 11.8 Å². The topological polar surface area (TPSA) is 86.7 Å². The highest BCUT2D eigenvalue weighted by molar-refractivity contribution is 5.90. The first-order valence-corrected chi connectivity index (χ1v) is 11.2. The Morgan fingerprint density at radius 3 is 1.82 bits per heavy atom. The molecule has 6 nitrogen and oxygen atoms in total. The molecule has 0 radical (unpaired) electrons. The number of rotatable bonds is 10. The normalized spacial score (nSPS) is 14.8. The Morgan fingerprint density at radius 1 is 1.03 bits per heavy atom. The standard InChI is InChI=1S/C25H42N2O4.C2H4/c1-13-17(5)25(10,11)18(6)21(28)26-20(24(7,8)9)22(29)27(12)19(15(2)3)14-16(4)23(30)31;1-2/h13-15,18-20H,1,5H2,2-4,6-12H3,(H,26,28)(H,30,31);1-2H2/b16-14+;/t18-,19-,20?;/m1./s1. The molecule has 0 fully saturated rings. The molecule has 6 heteroatoms. The van der Waals surface area contributed by atoms with Gasteiger partial charge in [-0.2, -0.15) is 0 Å². The molecule has 0 aliphatic carbocycles. The summed E-state index contributed by atoms with van der Waals surface area (Å²) in [6.45, 7) is 30.5. The lowest BCUT2D eigenvalue weighted by Crippen LogP contribution is -2.57. The number of amides is 2. The number of likely N-dealkylation sites (N-methyl/N-ethyl adjacent to an activating group) is 1. The third kappa shape index (κ3) is 9.03. The summed E-state index contributed by atoms with van der Waals surface area (Å²) in [5, 5.41) is 12.2. The summed E-state index contributed by atoms with van der Waals surface area (Å²) < 4.78 is 0. The highest BCUT2D eigenvalue weighted by atomic mass is 16.4. The van der Waals surface area contributed by atoms with Gasteiger partial charge in [-0.15, -0.1) is 13.2 Å². The molecule has 0 aromatic carbocycles. The quantitative estimate of drug-likeness (QED) is 0.264. The van der Waals surface area contributed by atoms with Crippen molar-refractivity contribution in [2.45, 2.75) is 74.4 Å². The summed E-state index contributed by atoms with van der Waals surface area (Å²) in [4.78, 5) is 39.4. The number of hydrogen-bond donors (Lipinski definition) is 2. The molecule has 1 unspecified atom stereocenters. The van der Waals surface area contributed by atoms with Crippen LogP contribution in [0.2, 0.25) is 0 Å². The molecule has 0 rings (SSSR count). The van der Waals surface area contributed by atoms with Crippen LogP contribution in [0.15, 0.2) is 49.6 Å². The summed E-state index contributed by atoms with van der Waals surface area (Å²) in [7, 11) is 1.65. The van der Waals surface area contributed by atoms with Crippen LogP contribution in [-0.2, 0) is 14.4 Å². The first-order valence-electron chi connectivity index (χ1n) is 11.2. The maximum absolute atomic E-state index is 13.5. The van der Waals surface area contributed by atoms with Crippen molar-refractivity contribution < 1.29 is 19.5 Å². The van der Waals surface area contributed by atoms with E-state index in [0.29, 0.717) is 0 Å². The molecule has 0 spiro atoms. The van der Waals surface area contributed by atoms with Crippen molar-refractivity contribution in [1.82, 2.24) is 10.2 Å². The number of carboxylic acid groups (broad SMARTS) is 1. The van der Waals surface area contributed by atoms with Crippen LogP contribution in [0.25, 0.3) is 0 Å². The lowest BCUT2D eigenvalue weighted by molar-refractivity contribution is -0.141. The average Bonchev–Trinajstić information content (AvgIpc) is 2.73. The highest BCUT2D eigenvalue weighted by Gasteiger charge is 2.40. The van der Waals surface area contributed by atoms with Gasteiger partial charge in [0.15, 0.2) is 0 Å². The van der Waals surface area contributed by atoms with Crippen molar-refractivity contribution in [3.63, 3.8) is 0 Å². The van der Waals surface area contributed by atoms with Crippen LogP contribution in [0.5, 0.6) is 0 Å². The van der Waals surface area contributed by atoms with Crippen LogP contribution in [0.3, 0.4) is 0 Å². The van der Waals surface area contributed by atoms with Crippen LogP contribution < -0.4 is 5.32 Å². The van der Waals surface area contributed by atoms with Gasteiger partial charge < -0.3 is 15.3 Å². The first-order chi connectivity index (χ1) is 14.9. The van der Waals surface area contributed by atoms with Crippen molar-refractivity contribution in [2.24, 2.45) is 22.7 Å². The molecule has 0 aliphatic rings. The summed E-state index contributed by atoms with van der Waals surface area (Å²) >= 11 is 0. The Balaban J connectivity index is 0. The largest absolute Gasteiger partial charge is 0.478 e. The molecule has 0 aliphatic heterocycles. The molecular weight excluding hydrogens is 416 g/mol. The number of allylic oxidation sites excluding steroid dienone is 2. The number of carboxylic acids is 1. The van der Waals surface area contributed by atoms with E-state index in [-0.39, 0.29) is 23.3 Å². The summed E-state index contributed by atoms with van der Waals surface area (Å²) in [5.41, 5.74) is -0.147. The van der Waals surface area contributed by atoms with Gasteiger partial charge in [-0.05, 0) is 23.8 Å². The van der Waals surface area contributed by atoms with E-state index in [1.54, 1.807) is 19.2 Å². The van der Waals surface area contributed by atoms with Crippen molar-refractivity contribution in [3.8, 4) is 0 Å². The van der Waals surface area contributed by atoms with Crippen LogP contribution in [0.1, 0.15) is 62.3 Å². The predicted molar refractivity (Wildman–Crippen MR) is 138 cm³/mol. The molecule has 0 heterocycles. The van der Waals surface area contributed by atoms with Gasteiger partial charge in [-0.1, -0.05) is 80.7 Å². The molecule has 188 valence electrons. The number of hydrogen-bond acceptors (Lipinski definition) is 3. The average molecular weight is 463 g/mol. The van der Waals surface area contributed by atoms with E-state index < -0.39 is 34.8 Å². The Labute approximate surface area is 201 Å². The monoisotopic (exact) mass is 462 g/mol. The number of carbonyl (C=O) groups is 3.